The molecule has 2 heterocycles. The fraction of sp³-hybridized carbons (Fsp3) is 0.615. The summed E-state index contributed by atoms with van der Waals surface area (Å²) >= 11 is 0. The monoisotopic (exact) mass is 264 g/mol. The normalized spacial score (nSPS) is 20.2. The molecule has 0 saturated carbocycles. The van der Waals surface area contributed by atoms with Crippen molar-refractivity contribution in [2.24, 2.45) is 0 Å². The van der Waals surface area contributed by atoms with E-state index in [4.69, 9.17) is 10.5 Å². The SMILES string of the molecule is CCOC(=O)C1CCCCN1Cc1cnc(N)cn1. The van der Waals surface area contributed by atoms with Crippen molar-refractivity contribution in [3.05, 3.63) is 18.1 Å². The third kappa shape index (κ3) is 3.64. The van der Waals surface area contributed by atoms with E-state index in [0.717, 1.165) is 31.5 Å². The van der Waals surface area contributed by atoms with E-state index in [9.17, 15) is 4.79 Å². The van der Waals surface area contributed by atoms with Crippen LogP contribution in [-0.4, -0.2) is 40.0 Å². The zero-order valence-electron chi connectivity index (χ0n) is 11.2. The lowest BCUT2D eigenvalue weighted by Gasteiger charge is -2.33. The van der Waals surface area contributed by atoms with Crippen molar-refractivity contribution in [2.45, 2.75) is 38.8 Å². The molecule has 6 nitrogen and oxygen atoms in total. The van der Waals surface area contributed by atoms with E-state index in [1.807, 2.05) is 6.92 Å². The highest BCUT2D eigenvalue weighted by Crippen LogP contribution is 2.20. The van der Waals surface area contributed by atoms with Gasteiger partial charge in [-0.2, -0.15) is 0 Å². The van der Waals surface area contributed by atoms with Crippen LogP contribution >= 0.6 is 0 Å². The van der Waals surface area contributed by atoms with Crippen molar-refractivity contribution < 1.29 is 9.53 Å². The van der Waals surface area contributed by atoms with Crippen LogP contribution in [0.5, 0.6) is 0 Å². The molecule has 0 spiro atoms. The van der Waals surface area contributed by atoms with Gasteiger partial charge in [-0.1, -0.05) is 6.42 Å². The van der Waals surface area contributed by atoms with Crippen molar-refractivity contribution in [1.29, 1.82) is 0 Å². The van der Waals surface area contributed by atoms with Crippen LogP contribution in [0.3, 0.4) is 0 Å². The molecule has 0 aliphatic carbocycles. The Morgan fingerprint density at radius 2 is 2.32 bits per heavy atom. The molecule has 1 atom stereocenters. The summed E-state index contributed by atoms with van der Waals surface area (Å²) in [5.41, 5.74) is 6.34. The minimum absolute atomic E-state index is 0.134. The maximum Gasteiger partial charge on any atom is 0.323 e. The van der Waals surface area contributed by atoms with E-state index in [1.165, 1.54) is 0 Å². The number of rotatable bonds is 4. The first kappa shape index (κ1) is 13.7. The zero-order valence-corrected chi connectivity index (χ0v) is 11.2. The molecule has 1 aromatic rings. The molecule has 0 aromatic carbocycles. The lowest BCUT2D eigenvalue weighted by Crippen LogP contribution is -2.45. The number of carbonyl (C=O) groups is 1. The molecule has 1 saturated heterocycles. The smallest absolute Gasteiger partial charge is 0.323 e. The van der Waals surface area contributed by atoms with Gasteiger partial charge in [0.1, 0.15) is 11.9 Å². The number of aromatic nitrogens is 2. The van der Waals surface area contributed by atoms with E-state index in [2.05, 4.69) is 14.9 Å². The third-order valence-corrected chi connectivity index (χ3v) is 3.26. The van der Waals surface area contributed by atoms with Gasteiger partial charge in [0.05, 0.1) is 24.7 Å². The Labute approximate surface area is 113 Å². The van der Waals surface area contributed by atoms with Gasteiger partial charge in [0.15, 0.2) is 0 Å². The summed E-state index contributed by atoms with van der Waals surface area (Å²) in [6, 6.07) is -0.159. The number of esters is 1. The molecular weight excluding hydrogens is 244 g/mol. The Bertz CT molecular complexity index is 421. The van der Waals surface area contributed by atoms with Gasteiger partial charge in [0.25, 0.3) is 0 Å². The topological polar surface area (TPSA) is 81.3 Å². The van der Waals surface area contributed by atoms with Gasteiger partial charge in [-0.25, -0.2) is 4.98 Å². The number of carbonyl (C=O) groups excluding carboxylic acids is 1. The number of ether oxygens (including phenoxy) is 1. The quantitative estimate of drug-likeness (QED) is 0.816. The number of hydrogen-bond acceptors (Lipinski definition) is 6. The highest BCUT2D eigenvalue weighted by molar-refractivity contribution is 5.75. The van der Waals surface area contributed by atoms with Crippen molar-refractivity contribution in [3.8, 4) is 0 Å². The number of nitrogen functional groups attached to an aromatic ring is 1. The summed E-state index contributed by atoms with van der Waals surface area (Å²) in [5.74, 6) is 0.273. The first-order chi connectivity index (χ1) is 9.20. The highest BCUT2D eigenvalue weighted by atomic mass is 16.5. The Balaban J connectivity index is 2.03. The van der Waals surface area contributed by atoms with Gasteiger partial charge >= 0.3 is 5.97 Å². The lowest BCUT2D eigenvalue weighted by molar-refractivity contribution is -0.151. The van der Waals surface area contributed by atoms with Crippen molar-refractivity contribution in [2.75, 3.05) is 18.9 Å². The summed E-state index contributed by atoms with van der Waals surface area (Å²) in [6.07, 6.45) is 6.21. The van der Waals surface area contributed by atoms with Crippen molar-refractivity contribution in [3.63, 3.8) is 0 Å². The number of nitrogens with two attached hydrogens (primary N) is 1. The number of likely N-dealkylation sites (tertiary alicyclic amines) is 1. The second-order valence-corrected chi connectivity index (χ2v) is 4.67. The average molecular weight is 264 g/mol. The molecule has 0 radical (unpaired) electrons. The van der Waals surface area contributed by atoms with Crippen LogP contribution in [0.25, 0.3) is 0 Å². The van der Waals surface area contributed by atoms with E-state index in [-0.39, 0.29) is 12.0 Å². The predicted molar refractivity (Wildman–Crippen MR) is 71.1 cm³/mol. The molecule has 0 amide bonds. The molecule has 1 aromatic heterocycles. The van der Waals surface area contributed by atoms with Crippen LogP contribution in [0, 0.1) is 0 Å². The summed E-state index contributed by atoms with van der Waals surface area (Å²) in [6.45, 7) is 3.74. The minimum Gasteiger partial charge on any atom is -0.465 e. The molecule has 1 aliphatic heterocycles. The highest BCUT2D eigenvalue weighted by Gasteiger charge is 2.29. The second-order valence-electron chi connectivity index (χ2n) is 4.67. The summed E-state index contributed by atoms with van der Waals surface area (Å²) in [7, 11) is 0. The van der Waals surface area contributed by atoms with Gasteiger partial charge in [0.2, 0.25) is 0 Å². The molecule has 1 unspecified atom stereocenters. The molecule has 1 aliphatic rings. The molecular formula is C13H20N4O2. The van der Waals surface area contributed by atoms with Gasteiger partial charge < -0.3 is 10.5 Å². The molecule has 0 bridgehead atoms. The van der Waals surface area contributed by atoms with Crippen LogP contribution in [0.2, 0.25) is 0 Å². The summed E-state index contributed by atoms with van der Waals surface area (Å²) in [4.78, 5) is 22.3. The Hall–Kier alpha value is -1.69. The molecule has 19 heavy (non-hydrogen) atoms. The van der Waals surface area contributed by atoms with Gasteiger partial charge in [-0.15, -0.1) is 0 Å². The molecule has 6 heteroatoms. The van der Waals surface area contributed by atoms with Crippen LogP contribution in [0.1, 0.15) is 31.9 Å². The fourth-order valence-corrected chi connectivity index (χ4v) is 2.34. The maximum absolute atomic E-state index is 11.9. The predicted octanol–water partition coefficient (Wildman–Crippen LogP) is 0.976. The van der Waals surface area contributed by atoms with E-state index < -0.39 is 0 Å². The van der Waals surface area contributed by atoms with Gasteiger partial charge in [-0.3, -0.25) is 14.7 Å². The largest absolute Gasteiger partial charge is 0.465 e. The molecule has 2 rings (SSSR count). The third-order valence-electron chi connectivity index (χ3n) is 3.26. The number of nitrogens with zero attached hydrogens (tertiary/aromatic N) is 3. The van der Waals surface area contributed by atoms with E-state index in [0.29, 0.717) is 19.0 Å². The van der Waals surface area contributed by atoms with Crippen LogP contribution in [0.15, 0.2) is 12.4 Å². The number of anilines is 1. The summed E-state index contributed by atoms with van der Waals surface area (Å²) < 4.78 is 5.13. The van der Waals surface area contributed by atoms with Gasteiger partial charge in [-0.05, 0) is 26.3 Å². The lowest BCUT2D eigenvalue weighted by atomic mass is 10.0. The number of hydrogen-bond donors (Lipinski definition) is 1. The first-order valence-electron chi connectivity index (χ1n) is 6.67. The van der Waals surface area contributed by atoms with Crippen LogP contribution in [-0.2, 0) is 16.1 Å². The van der Waals surface area contributed by atoms with Crippen molar-refractivity contribution in [1.82, 2.24) is 14.9 Å². The molecule has 1 fully saturated rings. The summed E-state index contributed by atoms with van der Waals surface area (Å²) in [5, 5.41) is 0. The van der Waals surface area contributed by atoms with Gasteiger partial charge in [0, 0.05) is 6.54 Å². The molecule has 104 valence electrons. The fourth-order valence-electron chi connectivity index (χ4n) is 2.34. The van der Waals surface area contributed by atoms with E-state index in [1.54, 1.807) is 12.4 Å². The van der Waals surface area contributed by atoms with E-state index >= 15 is 0 Å². The van der Waals surface area contributed by atoms with Crippen LogP contribution in [0.4, 0.5) is 5.82 Å². The van der Waals surface area contributed by atoms with Crippen LogP contribution < -0.4 is 5.73 Å². The first-order valence-corrected chi connectivity index (χ1v) is 6.67. The Morgan fingerprint density at radius 1 is 1.47 bits per heavy atom. The van der Waals surface area contributed by atoms with Crippen molar-refractivity contribution >= 4 is 11.8 Å². The average Bonchev–Trinajstić information content (AvgIpc) is 2.42. The standard InChI is InChI=1S/C13H20N4O2/c1-2-19-13(18)11-5-3-4-6-17(11)9-10-7-16-12(14)8-15-10/h7-8,11H,2-6,9H2,1H3,(H2,14,16). The zero-order chi connectivity index (χ0) is 13.7. The number of piperidine rings is 1. The minimum atomic E-state index is -0.159. The second kappa shape index (κ2) is 6.47. The Kier molecular flexibility index (Phi) is 4.68. The maximum atomic E-state index is 11.9. The molecule has 2 N–H and O–H groups in total. The Morgan fingerprint density at radius 3 is 3.00 bits per heavy atom.